The monoisotopic (exact) mass is 420 g/mol. The Morgan fingerprint density at radius 3 is 2.58 bits per heavy atom. The van der Waals surface area contributed by atoms with Crippen LogP contribution in [0.25, 0.3) is 10.9 Å². The van der Waals surface area contributed by atoms with Crippen LogP contribution in [-0.4, -0.2) is 27.6 Å². The minimum atomic E-state index is -0.772. The van der Waals surface area contributed by atoms with E-state index < -0.39 is 16.2 Å². The number of aromatic amines is 1. The normalized spacial score (nSPS) is 18.6. The Morgan fingerprint density at radius 1 is 1.19 bits per heavy atom. The van der Waals surface area contributed by atoms with Crippen molar-refractivity contribution in [1.29, 1.82) is 0 Å². The molecule has 0 radical (unpaired) electrons. The average molecular weight is 420 g/mol. The second kappa shape index (κ2) is 7.67. The standard InChI is InChI=1S/C22H20N4O5/c1-2-22(10-9-19(27)25-21(22)29)13-3-5-14(6-4-13)24-20(28)17-12-23-18-8-7-15(26(30)31)11-16(17)18/h3-8,11-12,23H,2,9-10H2,1H3,(H,24,28)(H,25,27,29). The largest absolute Gasteiger partial charge is 0.360 e. The number of imide groups is 1. The van der Waals surface area contributed by atoms with Crippen molar-refractivity contribution in [3.63, 3.8) is 0 Å². The van der Waals surface area contributed by atoms with Gasteiger partial charge in [0.1, 0.15) is 0 Å². The summed E-state index contributed by atoms with van der Waals surface area (Å²) in [7, 11) is 0. The Bertz CT molecular complexity index is 1210. The predicted octanol–water partition coefficient (Wildman–Crippen LogP) is 3.41. The molecule has 1 aliphatic rings. The first-order valence-electron chi connectivity index (χ1n) is 9.86. The summed E-state index contributed by atoms with van der Waals surface area (Å²) in [6.07, 6.45) is 2.78. The Morgan fingerprint density at radius 2 is 1.94 bits per heavy atom. The smallest absolute Gasteiger partial charge is 0.270 e. The summed E-state index contributed by atoms with van der Waals surface area (Å²) >= 11 is 0. The fraction of sp³-hybridized carbons (Fsp3) is 0.227. The molecule has 158 valence electrons. The van der Waals surface area contributed by atoms with Crippen molar-refractivity contribution in [3.05, 3.63) is 69.9 Å². The first-order chi connectivity index (χ1) is 14.8. The fourth-order valence-electron chi connectivity index (χ4n) is 4.05. The van der Waals surface area contributed by atoms with E-state index in [1.54, 1.807) is 30.3 Å². The molecule has 9 heteroatoms. The summed E-state index contributed by atoms with van der Waals surface area (Å²) in [5.41, 5.74) is 1.34. The van der Waals surface area contributed by atoms with E-state index in [-0.39, 0.29) is 29.5 Å². The van der Waals surface area contributed by atoms with Crippen LogP contribution in [0.15, 0.2) is 48.7 Å². The molecule has 31 heavy (non-hydrogen) atoms. The molecule has 3 aromatic rings. The molecule has 9 nitrogen and oxygen atoms in total. The first kappa shape index (κ1) is 20.3. The molecule has 0 aliphatic carbocycles. The quantitative estimate of drug-likeness (QED) is 0.330. The summed E-state index contributed by atoms with van der Waals surface area (Å²) in [5, 5.41) is 16.7. The number of carbonyl (C=O) groups excluding carboxylic acids is 3. The summed E-state index contributed by atoms with van der Waals surface area (Å²) in [6.45, 7) is 1.90. The van der Waals surface area contributed by atoms with Gasteiger partial charge in [-0.05, 0) is 36.6 Å². The molecule has 1 aliphatic heterocycles. The van der Waals surface area contributed by atoms with Crippen LogP contribution in [0.2, 0.25) is 0 Å². The number of hydrogen-bond donors (Lipinski definition) is 3. The van der Waals surface area contributed by atoms with Gasteiger partial charge in [-0.3, -0.25) is 29.8 Å². The molecule has 0 bridgehead atoms. The maximum atomic E-state index is 12.8. The number of nitrogens with zero attached hydrogens (tertiary/aromatic N) is 1. The maximum absolute atomic E-state index is 12.8. The molecular weight excluding hydrogens is 400 g/mol. The number of nitro groups is 1. The molecule has 4 rings (SSSR count). The van der Waals surface area contributed by atoms with Gasteiger partial charge >= 0.3 is 0 Å². The SMILES string of the molecule is CCC1(c2ccc(NC(=O)c3c[nH]c4ccc([N+](=O)[O-])cc34)cc2)CCC(=O)NC1=O. The lowest BCUT2D eigenvalue weighted by Gasteiger charge is -2.35. The van der Waals surface area contributed by atoms with Crippen LogP contribution in [-0.2, 0) is 15.0 Å². The van der Waals surface area contributed by atoms with Crippen molar-refractivity contribution in [1.82, 2.24) is 10.3 Å². The first-order valence-corrected chi connectivity index (χ1v) is 9.86. The summed E-state index contributed by atoms with van der Waals surface area (Å²) in [4.78, 5) is 50.3. The molecule has 1 unspecified atom stereocenters. The van der Waals surface area contributed by atoms with Crippen LogP contribution < -0.4 is 10.6 Å². The summed E-state index contributed by atoms with van der Waals surface area (Å²) in [5.74, 6) is -0.981. The lowest BCUT2D eigenvalue weighted by atomic mass is 9.72. The van der Waals surface area contributed by atoms with Crippen molar-refractivity contribution < 1.29 is 19.3 Å². The molecule has 3 N–H and O–H groups in total. The number of H-pyrrole nitrogens is 1. The molecule has 3 amide bonds. The highest BCUT2D eigenvalue weighted by Crippen LogP contribution is 2.36. The molecule has 1 saturated heterocycles. The van der Waals surface area contributed by atoms with Gasteiger partial charge in [-0.15, -0.1) is 0 Å². The van der Waals surface area contributed by atoms with Gasteiger partial charge in [0, 0.05) is 41.3 Å². The molecule has 0 saturated carbocycles. The van der Waals surface area contributed by atoms with Gasteiger partial charge in [-0.1, -0.05) is 19.1 Å². The number of carbonyl (C=O) groups is 3. The van der Waals surface area contributed by atoms with Gasteiger partial charge in [-0.25, -0.2) is 0 Å². The van der Waals surface area contributed by atoms with Crippen molar-refractivity contribution in [2.24, 2.45) is 0 Å². The zero-order valence-corrected chi connectivity index (χ0v) is 16.7. The molecule has 0 spiro atoms. The van der Waals surface area contributed by atoms with Gasteiger partial charge < -0.3 is 10.3 Å². The number of benzene rings is 2. The van der Waals surface area contributed by atoms with E-state index in [1.807, 2.05) is 6.92 Å². The minimum absolute atomic E-state index is 0.0976. The highest BCUT2D eigenvalue weighted by atomic mass is 16.6. The van der Waals surface area contributed by atoms with Gasteiger partial charge in [-0.2, -0.15) is 0 Å². The number of fused-ring (bicyclic) bond motifs is 1. The Labute approximate surface area is 177 Å². The molecule has 1 fully saturated rings. The number of rotatable bonds is 5. The highest BCUT2D eigenvalue weighted by molar-refractivity contribution is 6.13. The van der Waals surface area contributed by atoms with Crippen LogP contribution in [0, 0.1) is 10.1 Å². The maximum Gasteiger partial charge on any atom is 0.270 e. The van der Waals surface area contributed by atoms with Crippen LogP contribution in [0.4, 0.5) is 11.4 Å². The third-order valence-corrected chi connectivity index (χ3v) is 5.89. The number of aromatic nitrogens is 1. The topological polar surface area (TPSA) is 134 Å². The van der Waals surface area contributed by atoms with Gasteiger partial charge in [0.05, 0.1) is 15.9 Å². The Hall–Kier alpha value is -4.01. The lowest BCUT2D eigenvalue weighted by molar-refractivity contribution is -0.384. The molecular formula is C22H20N4O5. The van der Waals surface area contributed by atoms with E-state index in [2.05, 4.69) is 15.6 Å². The van der Waals surface area contributed by atoms with E-state index in [0.717, 1.165) is 5.56 Å². The minimum Gasteiger partial charge on any atom is -0.360 e. The van der Waals surface area contributed by atoms with Crippen molar-refractivity contribution in [3.8, 4) is 0 Å². The predicted molar refractivity (Wildman–Crippen MR) is 114 cm³/mol. The molecule has 1 atom stereocenters. The van der Waals surface area contributed by atoms with Crippen molar-refractivity contribution in [2.75, 3.05) is 5.32 Å². The van der Waals surface area contributed by atoms with Crippen molar-refractivity contribution in [2.45, 2.75) is 31.6 Å². The number of hydrogen-bond acceptors (Lipinski definition) is 5. The second-order valence-corrected chi connectivity index (χ2v) is 7.53. The number of nitrogens with one attached hydrogen (secondary N) is 3. The molecule has 2 aromatic carbocycles. The molecule has 2 heterocycles. The van der Waals surface area contributed by atoms with E-state index in [4.69, 9.17) is 0 Å². The van der Waals surface area contributed by atoms with Crippen molar-refractivity contribution >= 4 is 40.0 Å². The van der Waals surface area contributed by atoms with Gasteiger partial charge in [0.2, 0.25) is 11.8 Å². The number of non-ortho nitro benzene ring substituents is 1. The zero-order valence-electron chi connectivity index (χ0n) is 16.7. The Balaban J connectivity index is 1.57. The van der Waals surface area contributed by atoms with Crippen LogP contribution in [0.3, 0.4) is 0 Å². The van der Waals surface area contributed by atoms with Crippen LogP contribution in [0.1, 0.15) is 42.1 Å². The number of anilines is 1. The van der Waals surface area contributed by atoms with E-state index in [1.165, 1.54) is 18.3 Å². The van der Waals surface area contributed by atoms with E-state index in [9.17, 15) is 24.5 Å². The van der Waals surface area contributed by atoms with E-state index >= 15 is 0 Å². The van der Waals surface area contributed by atoms with E-state index in [0.29, 0.717) is 29.4 Å². The number of piperidine rings is 1. The fourth-order valence-corrected chi connectivity index (χ4v) is 4.05. The van der Waals surface area contributed by atoms with Gasteiger partial charge in [0.25, 0.3) is 11.6 Å². The van der Waals surface area contributed by atoms with Gasteiger partial charge in [0.15, 0.2) is 0 Å². The lowest BCUT2D eigenvalue weighted by Crippen LogP contribution is -2.51. The molecule has 1 aromatic heterocycles. The Kier molecular flexibility index (Phi) is 5.02. The van der Waals surface area contributed by atoms with Crippen LogP contribution >= 0.6 is 0 Å². The average Bonchev–Trinajstić information content (AvgIpc) is 3.18. The second-order valence-electron chi connectivity index (χ2n) is 7.53. The number of amides is 3. The highest BCUT2D eigenvalue weighted by Gasteiger charge is 2.42. The third-order valence-electron chi connectivity index (χ3n) is 5.89. The zero-order chi connectivity index (χ0) is 22.2. The third kappa shape index (κ3) is 3.54. The van der Waals surface area contributed by atoms with Crippen LogP contribution in [0.5, 0.6) is 0 Å². The summed E-state index contributed by atoms with van der Waals surface area (Å²) in [6, 6.07) is 11.2. The number of nitro benzene ring substituents is 1. The summed E-state index contributed by atoms with van der Waals surface area (Å²) < 4.78 is 0.